The molecule has 0 aliphatic heterocycles. The highest BCUT2D eigenvalue weighted by Crippen LogP contribution is 2.60. The second-order valence-corrected chi connectivity index (χ2v) is 9.91. The van der Waals surface area contributed by atoms with E-state index < -0.39 is 0 Å². The Morgan fingerprint density at radius 1 is 1.24 bits per heavy atom. The number of hydrogen-bond acceptors (Lipinski definition) is 2. The Hall–Kier alpha value is -1.16. The van der Waals surface area contributed by atoms with Crippen molar-refractivity contribution in [3.8, 4) is 0 Å². The highest BCUT2D eigenvalue weighted by molar-refractivity contribution is 7.09. The van der Waals surface area contributed by atoms with Crippen molar-refractivity contribution < 1.29 is 4.79 Å². The number of hydrogen-bond donors (Lipinski definition) is 0. The van der Waals surface area contributed by atoms with Gasteiger partial charge < -0.3 is 4.57 Å². The minimum Gasteiger partial charge on any atom is -0.321 e. The number of rotatable bonds is 5. The van der Waals surface area contributed by atoms with Gasteiger partial charge in [0.25, 0.3) is 5.91 Å². The fourth-order valence-electron chi connectivity index (χ4n) is 5.92. The highest BCUT2D eigenvalue weighted by atomic mass is 32.1. The van der Waals surface area contributed by atoms with Crippen molar-refractivity contribution in [3.05, 3.63) is 28.0 Å². The van der Waals surface area contributed by atoms with E-state index in [1.54, 1.807) is 11.3 Å². The summed E-state index contributed by atoms with van der Waals surface area (Å²) in [5.74, 6) is 2.55. The molecule has 0 radical (unpaired) electrons. The normalized spacial score (nSPS) is 33.8. The van der Waals surface area contributed by atoms with Gasteiger partial charge in [0.2, 0.25) is 0 Å². The minimum atomic E-state index is -0.126. The Balaban J connectivity index is 1.63. The summed E-state index contributed by atoms with van der Waals surface area (Å²) in [4.78, 5) is 20.2. The number of amides is 1. The zero-order chi connectivity index (χ0) is 17.6. The quantitative estimate of drug-likeness (QED) is 0.551. The summed E-state index contributed by atoms with van der Waals surface area (Å²) in [6, 6.07) is 0. The lowest BCUT2D eigenvalue weighted by Crippen LogP contribution is -2.50. The predicted molar refractivity (Wildman–Crippen MR) is 102 cm³/mol. The molecule has 4 aliphatic rings. The van der Waals surface area contributed by atoms with Gasteiger partial charge in [0, 0.05) is 17.1 Å². The first-order valence-electron chi connectivity index (χ1n) is 9.87. The van der Waals surface area contributed by atoms with Crippen LogP contribution in [0, 0.1) is 37.0 Å². The van der Waals surface area contributed by atoms with Crippen molar-refractivity contribution in [2.24, 2.45) is 28.2 Å². The topological polar surface area (TPSA) is 34.4 Å². The van der Waals surface area contributed by atoms with Crippen molar-refractivity contribution >= 4 is 17.2 Å². The second kappa shape index (κ2) is 6.53. The summed E-state index contributed by atoms with van der Waals surface area (Å²) >= 11 is 1.68. The Morgan fingerprint density at radius 2 is 1.84 bits per heavy atom. The zero-order valence-corrected chi connectivity index (χ0v) is 16.4. The average Bonchev–Trinajstić information content (AvgIpc) is 2.81. The van der Waals surface area contributed by atoms with Crippen LogP contribution in [0.3, 0.4) is 0 Å². The van der Waals surface area contributed by atoms with Crippen molar-refractivity contribution in [2.75, 3.05) is 0 Å². The van der Waals surface area contributed by atoms with Crippen LogP contribution in [0.15, 0.2) is 17.6 Å². The number of allylic oxidation sites excluding steroid dienone is 1. The minimum absolute atomic E-state index is 0.126. The molecule has 25 heavy (non-hydrogen) atoms. The molecular formula is C21H30N2OS. The number of thiazole rings is 1. The van der Waals surface area contributed by atoms with Gasteiger partial charge in [-0.3, -0.25) is 4.79 Å². The number of carbonyl (C=O) groups is 1. The highest BCUT2D eigenvalue weighted by Gasteiger charge is 2.54. The van der Waals surface area contributed by atoms with E-state index in [0.717, 1.165) is 61.2 Å². The Morgan fingerprint density at radius 3 is 2.40 bits per heavy atom. The van der Waals surface area contributed by atoms with E-state index in [-0.39, 0.29) is 11.3 Å². The molecule has 4 fully saturated rings. The van der Waals surface area contributed by atoms with Gasteiger partial charge in [0.15, 0.2) is 4.80 Å². The standard InChI is InChI=1S/C21H30N2OS/c1-4-5-6-7-23-14(2)15(3)25-20(23)22-19(24)21-11-16-8-17(12-21)10-18(9-16)13-21/h4,16-18H,1,5-13H2,2-3H3. The molecule has 1 aromatic heterocycles. The molecule has 1 heterocycles. The van der Waals surface area contributed by atoms with Crippen LogP contribution in [-0.2, 0) is 11.3 Å². The maximum Gasteiger partial charge on any atom is 0.254 e. The lowest BCUT2D eigenvalue weighted by atomic mass is 9.49. The molecule has 136 valence electrons. The molecule has 0 unspecified atom stereocenters. The van der Waals surface area contributed by atoms with Crippen LogP contribution < -0.4 is 4.80 Å². The van der Waals surface area contributed by atoms with Gasteiger partial charge in [-0.2, -0.15) is 4.99 Å². The molecule has 4 heteroatoms. The number of nitrogens with zero attached hydrogens (tertiary/aromatic N) is 2. The maximum atomic E-state index is 13.3. The molecule has 0 atom stereocenters. The fraction of sp³-hybridized carbons (Fsp3) is 0.714. The molecular weight excluding hydrogens is 328 g/mol. The monoisotopic (exact) mass is 358 g/mol. The summed E-state index contributed by atoms with van der Waals surface area (Å²) in [6.07, 6.45) is 11.4. The molecule has 5 rings (SSSR count). The average molecular weight is 359 g/mol. The molecule has 4 bridgehead atoms. The van der Waals surface area contributed by atoms with Crippen molar-refractivity contribution in [2.45, 2.75) is 71.8 Å². The molecule has 4 aliphatic carbocycles. The summed E-state index contributed by atoms with van der Waals surface area (Å²) in [6.45, 7) is 9.02. The van der Waals surface area contributed by atoms with Gasteiger partial charge in [-0.05, 0) is 83.0 Å². The smallest absolute Gasteiger partial charge is 0.254 e. The van der Waals surface area contributed by atoms with Crippen LogP contribution >= 0.6 is 11.3 Å². The number of aromatic nitrogens is 1. The Bertz CT molecular complexity index is 719. The third kappa shape index (κ3) is 3.07. The van der Waals surface area contributed by atoms with Gasteiger partial charge in [-0.15, -0.1) is 17.9 Å². The van der Waals surface area contributed by atoms with E-state index in [1.807, 2.05) is 6.08 Å². The summed E-state index contributed by atoms with van der Waals surface area (Å²) in [5.41, 5.74) is 1.13. The number of carbonyl (C=O) groups excluding carboxylic acids is 1. The molecule has 0 N–H and O–H groups in total. The van der Waals surface area contributed by atoms with Crippen molar-refractivity contribution in [1.82, 2.24) is 4.57 Å². The maximum absolute atomic E-state index is 13.3. The van der Waals surface area contributed by atoms with E-state index in [9.17, 15) is 4.79 Å². The first-order chi connectivity index (χ1) is 12.0. The summed E-state index contributed by atoms with van der Waals surface area (Å²) in [7, 11) is 0. The van der Waals surface area contributed by atoms with E-state index >= 15 is 0 Å². The molecule has 4 saturated carbocycles. The first-order valence-corrected chi connectivity index (χ1v) is 10.7. The first kappa shape index (κ1) is 17.3. The summed E-state index contributed by atoms with van der Waals surface area (Å²) in [5, 5.41) is 0. The molecule has 0 spiro atoms. The van der Waals surface area contributed by atoms with Crippen LogP contribution in [0.1, 0.15) is 61.9 Å². The van der Waals surface area contributed by atoms with E-state index in [4.69, 9.17) is 4.99 Å². The van der Waals surface area contributed by atoms with Crippen molar-refractivity contribution in [3.63, 3.8) is 0 Å². The lowest BCUT2D eigenvalue weighted by Gasteiger charge is -2.55. The Kier molecular flexibility index (Phi) is 4.51. The largest absolute Gasteiger partial charge is 0.321 e. The molecule has 0 aromatic carbocycles. The predicted octanol–water partition coefficient (Wildman–Crippen LogP) is 4.78. The lowest BCUT2D eigenvalue weighted by molar-refractivity contribution is -0.142. The van der Waals surface area contributed by atoms with Crippen LogP contribution in [0.4, 0.5) is 0 Å². The molecule has 1 amide bonds. The summed E-state index contributed by atoms with van der Waals surface area (Å²) < 4.78 is 2.25. The third-order valence-corrected chi connectivity index (χ3v) is 7.96. The van der Waals surface area contributed by atoms with E-state index in [2.05, 4.69) is 25.0 Å². The van der Waals surface area contributed by atoms with Crippen LogP contribution in [0.2, 0.25) is 0 Å². The number of aryl methyl sites for hydroxylation is 1. The van der Waals surface area contributed by atoms with E-state index in [0.29, 0.717) is 0 Å². The van der Waals surface area contributed by atoms with Gasteiger partial charge >= 0.3 is 0 Å². The van der Waals surface area contributed by atoms with Crippen LogP contribution in [-0.4, -0.2) is 10.5 Å². The third-order valence-electron chi connectivity index (χ3n) is 6.87. The van der Waals surface area contributed by atoms with Crippen LogP contribution in [0.25, 0.3) is 0 Å². The van der Waals surface area contributed by atoms with Gasteiger partial charge in [0.05, 0.1) is 5.41 Å². The van der Waals surface area contributed by atoms with Gasteiger partial charge in [0.1, 0.15) is 0 Å². The fourth-order valence-corrected chi connectivity index (χ4v) is 6.92. The van der Waals surface area contributed by atoms with Crippen LogP contribution in [0.5, 0.6) is 0 Å². The van der Waals surface area contributed by atoms with Crippen molar-refractivity contribution in [1.29, 1.82) is 0 Å². The SMILES string of the molecule is C=CCCCn1c(C)c(C)sc1=NC(=O)C12CC3CC(CC(C3)C1)C2. The molecule has 0 saturated heterocycles. The van der Waals surface area contributed by atoms with E-state index in [1.165, 1.54) is 29.8 Å². The number of unbranched alkanes of at least 4 members (excludes halogenated alkanes) is 1. The molecule has 1 aromatic rings. The van der Waals surface area contributed by atoms with Gasteiger partial charge in [-0.1, -0.05) is 6.08 Å². The van der Waals surface area contributed by atoms with Gasteiger partial charge in [-0.25, -0.2) is 0 Å². The zero-order valence-electron chi connectivity index (χ0n) is 15.6. The second-order valence-electron chi connectivity index (χ2n) is 8.72. The molecule has 3 nitrogen and oxygen atoms in total. The Labute approximate surface area is 154 Å².